The van der Waals surface area contributed by atoms with Crippen LogP contribution in [0.15, 0.2) is 54.7 Å². The number of aromatic nitrogens is 2. The molecule has 4 rings (SSSR count). The summed E-state index contributed by atoms with van der Waals surface area (Å²) >= 11 is 0. The van der Waals surface area contributed by atoms with E-state index in [2.05, 4.69) is 15.2 Å². The predicted octanol–water partition coefficient (Wildman–Crippen LogP) is 3.87. The maximum Gasteiger partial charge on any atom is 0.255 e. The molecule has 0 atom stereocenters. The first kappa shape index (κ1) is 15.6. The topological polar surface area (TPSA) is 58.1 Å². The van der Waals surface area contributed by atoms with Crippen molar-refractivity contribution in [2.24, 2.45) is 0 Å². The second-order valence-corrected chi connectivity index (χ2v) is 6.30. The van der Waals surface area contributed by atoms with Gasteiger partial charge in [-0.1, -0.05) is 18.2 Å². The first-order valence-corrected chi connectivity index (χ1v) is 8.68. The smallest absolute Gasteiger partial charge is 0.255 e. The van der Waals surface area contributed by atoms with Crippen molar-refractivity contribution in [2.45, 2.75) is 19.3 Å². The number of piperidine rings is 1. The van der Waals surface area contributed by atoms with Crippen LogP contribution in [0.3, 0.4) is 0 Å². The number of amides is 1. The zero-order valence-electron chi connectivity index (χ0n) is 14.0. The summed E-state index contributed by atoms with van der Waals surface area (Å²) in [6, 6.07) is 14.8. The van der Waals surface area contributed by atoms with E-state index in [1.165, 1.54) is 19.3 Å². The van der Waals surface area contributed by atoms with Crippen LogP contribution in [0.25, 0.3) is 11.0 Å². The number of fused-ring (bicyclic) bond motifs is 1. The van der Waals surface area contributed by atoms with Gasteiger partial charge < -0.3 is 10.2 Å². The summed E-state index contributed by atoms with van der Waals surface area (Å²) in [5.41, 5.74) is 3.00. The molecule has 1 fully saturated rings. The highest BCUT2D eigenvalue weighted by Crippen LogP contribution is 2.22. The number of hydrogen-bond donors (Lipinski definition) is 1. The Hall–Kier alpha value is -2.95. The highest BCUT2D eigenvalue weighted by molar-refractivity contribution is 6.04. The molecule has 2 aromatic carbocycles. The Kier molecular flexibility index (Phi) is 4.29. The molecule has 0 spiro atoms. The van der Waals surface area contributed by atoms with Gasteiger partial charge in [0.1, 0.15) is 5.82 Å². The van der Waals surface area contributed by atoms with E-state index < -0.39 is 0 Å². The number of rotatable bonds is 3. The third kappa shape index (κ3) is 3.45. The molecule has 0 saturated carbocycles. The molecular formula is C20H20N4O. The fourth-order valence-electron chi connectivity index (χ4n) is 3.15. The van der Waals surface area contributed by atoms with Crippen molar-refractivity contribution in [3.05, 3.63) is 60.3 Å². The lowest BCUT2D eigenvalue weighted by atomic mass is 10.1. The largest absolute Gasteiger partial charge is 0.355 e. The van der Waals surface area contributed by atoms with E-state index in [-0.39, 0.29) is 5.91 Å². The number of carbonyl (C=O) groups is 1. The van der Waals surface area contributed by atoms with Gasteiger partial charge in [-0.2, -0.15) is 0 Å². The number of nitrogens with zero attached hydrogens (tertiary/aromatic N) is 3. The molecule has 0 aliphatic carbocycles. The molecule has 1 aromatic heterocycles. The molecular weight excluding hydrogens is 312 g/mol. The molecule has 126 valence electrons. The number of carbonyl (C=O) groups excluding carboxylic acids is 1. The van der Waals surface area contributed by atoms with Crippen molar-refractivity contribution in [1.29, 1.82) is 0 Å². The molecule has 2 heterocycles. The lowest BCUT2D eigenvalue weighted by Gasteiger charge is -2.27. The third-order valence-corrected chi connectivity index (χ3v) is 4.50. The van der Waals surface area contributed by atoms with Crippen molar-refractivity contribution in [3.63, 3.8) is 0 Å². The van der Waals surface area contributed by atoms with Crippen molar-refractivity contribution in [1.82, 2.24) is 9.97 Å². The van der Waals surface area contributed by atoms with Crippen LogP contribution in [0.5, 0.6) is 0 Å². The number of hydrogen-bond acceptors (Lipinski definition) is 4. The molecule has 1 N–H and O–H groups in total. The van der Waals surface area contributed by atoms with Crippen LogP contribution in [0.2, 0.25) is 0 Å². The van der Waals surface area contributed by atoms with Crippen LogP contribution in [-0.2, 0) is 0 Å². The van der Waals surface area contributed by atoms with Crippen molar-refractivity contribution >= 4 is 28.4 Å². The molecule has 5 nitrogen and oxygen atoms in total. The molecule has 0 radical (unpaired) electrons. The molecule has 0 bridgehead atoms. The van der Waals surface area contributed by atoms with Crippen molar-refractivity contribution < 1.29 is 4.79 Å². The van der Waals surface area contributed by atoms with Gasteiger partial charge in [0.05, 0.1) is 17.2 Å². The summed E-state index contributed by atoms with van der Waals surface area (Å²) in [6.45, 7) is 2.06. The van der Waals surface area contributed by atoms with Crippen molar-refractivity contribution in [2.75, 3.05) is 23.3 Å². The summed E-state index contributed by atoms with van der Waals surface area (Å²) in [7, 11) is 0. The highest BCUT2D eigenvalue weighted by atomic mass is 16.1. The fraction of sp³-hybridized carbons (Fsp3) is 0.250. The van der Waals surface area contributed by atoms with Crippen LogP contribution in [0, 0.1) is 0 Å². The van der Waals surface area contributed by atoms with Crippen LogP contribution in [0.1, 0.15) is 29.6 Å². The van der Waals surface area contributed by atoms with Crippen LogP contribution < -0.4 is 10.2 Å². The van der Waals surface area contributed by atoms with Crippen LogP contribution in [0.4, 0.5) is 11.5 Å². The van der Waals surface area contributed by atoms with Gasteiger partial charge >= 0.3 is 0 Å². The monoisotopic (exact) mass is 332 g/mol. The quantitative estimate of drug-likeness (QED) is 0.791. The summed E-state index contributed by atoms with van der Waals surface area (Å²) in [5, 5.41) is 2.93. The molecule has 1 saturated heterocycles. The van der Waals surface area contributed by atoms with E-state index in [1.54, 1.807) is 12.1 Å². The predicted molar refractivity (Wildman–Crippen MR) is 100.0 cm³/mol. The molecule has 1 amide bonds. The molecule has 3 aromatic rings. The fourth-order valence-corrected chi connectivity index (χ4v) is 3.15. The third-order valence-electron chi connectivity index (χ3n) is 4.50. The average molecular weight is 332 g/mol. The minimum absolute atomic E-state index is 0.125. The molecule has 0 unspecified atom stereocenters. The highest BCUT2D eigenvalue weighted by Gasteiger charge is 2.13. The molecule has 25 heavy (non-hydrogen) atoms. The molecule has 5 heteroatoms. The van der Waals surface area contributed by atoms with Crippen molar-refractivity contribution in [3.8, 4) is 0 Å². The lowest BCUT2D eigenvalue weighted by Crippen LogP contribution is -2.30. The normalized spacial score (nSPS) is 14.5. The SMILES string of the molecule is O=C(Nc1ccc2ncc(N3CCCCC3)nc2c1)c1ccccc1. The van der Waals surface area contributed by atoms with E-state index >= 15 is 0 Å². The maximum atomic E-state index is 12.3. The number of anilines is 2. The van der Waals surface area contributed by atoms with Crippen LogP contribution in [-0.4, -0.2) is 29.0 Å². The molecule has 1 aliphatic rings. The summed E-state index contributed by atoms with van der Waals surface area (Å²) in [4.78, 5) is 23.9. The van der Waals surface area contributed by atoms with E-state index in [0.717, 1.165) is 35.6 Å². The van der Waals surface area contributed by atoms with Gasteiger partial charge in [0, 0.05) is 24.3 Å². The number of benzene rings is 2. The molecule has 1 aliphatic heterocycles. The average Bonchev–Trinajstić information content (AvgIpc) is 2.69. The van der Waals surface area contributed by atoms with Gasteiger partial charge in [0.25, 0.3) is 5.91 Å². The van der Waals surface area contributed by atoms with Gasteiger partial charge in [0.2, 0.25) is 0 Å². The Balaban J connectivity index is 1.59. The van der Waals surface area contributed by atoms with Gasteiger partial charge in [-0.25, -0.2) is 4.98 Å². The Morgan fingerprint density at radius 2 is 1.76 bits per heavy atom. The van der Waals surface area contributed by atoms with Gasteiger partial charge in [0.15, 0.2) is 0 Å². The van der Waals surface area contributed by atoms with E-state index in [4.69, 9.17) is 4.98 Å². The standard InChI is InChI=1S/C20H20N4O/c25-20(15-7-3-1-4-8-15)22-16-9-10-17-18(13-16)23-19(14-21-17)24-11-5-2-6-12-24/h1,3-4,7-10,13-14H,2,5-6,11-12H2,(H,22,25). The van der Waals surface area contributed by atoms with Gasteiger partial charge in [-0.05, 0) is 49.6 Å². The van der Waals surface area contributed by atoms with Crippen LogP contribution >= 0.6 is 0 Å². The van der Waals surface area contributed by atoms with Gasteiger partial charge in [-0.3, -0.25) is 9.78 Å². The Morgan fingerprint density at radius 3 is 2.56 bits per heavy atom. The zero-order valence-corrected chi connectivity index (χ0v) is 14.0. The van der Waals surface area contributed by atoms with Gasteiger partial charge in [-0.15, -0.1) is 0 Å². The Labute approximate surface area is 146 Å². The minimum atomic E-state index is -0.125. The second-order valence-electron chi connectivity index (χ2n) is 6.30. The Morgan fingerprint density at radius 1 is 0.960 bits per heavy atom. The summed E-state index contributed by atoms with van der Waals surface area (Å²) in [5.74, 6) is 0.791. The van der Waals surface area contributed by atoms with E-state index in [0.29, 0.717) is 5.56 Å². The lowest BCUT2D eigenvalue weighted by molar-refractivity contribution is 0.102. The van der Waals surface area contributed by atoms with E-state index in [9.17, 15) is 4.79 Å². The van der Waals surface area contributed by atoms with E-state index in [1.807, 2.05) is 42.6 Å². The Bertz CT molecular complexity index is 889. The zero-order chi connectivity index (χ0) is 17.1. The first-order valence-electron chi connectivity index (χ1n) is 8.68. The second kappa shape index (κ2) is 6.89. The maximum absolute atomic E-state index is 12.3. The first-order chi connectivity index (χ1) is 12.3. The summed E-state index contributed by atoms with van der Waals surface area (Å²) < 4.78 is 0. The number of nitrogens with one attached hydrogen (secondary N) is 1. The summed E-state index contributed by atoms with van der Waals surface area (Å²) in [6.07, 6.45) is 5.53. The minimum Gasteiger partial charge on any atom is -0.355 e.